The highest BCUT2D eigenvalue weighted by Gasteiger charge is 2.33. The molecule has 0 spiro atoms. The van der Waals surface area contributed by atoms with Gasteiger partial charge in [-0.25, -0.2) is 14.6 Å². The van der Waals surface area contributed by atoms with Gasteiger partial charge in [0, 0.05) is 69.4 Å². The topological polar surface area (TPSA) is 154 Å². The molecule has 0 saturated carbocycles. The minimum absolute atomic E-state index is 0.131. The van der Waals surface area contributed by atoms with Crippen molar-refractivity contribution in [3.8, 4) is 11.3 Å². The molecule has 1 saturated heterocycles. The van der Waals surface area contributed by atoms with Crippen molar-refractivity contribution in [3.05, 3.63) is 81.2 Å². The fourth-order valence-electron chi connectivity index (χ4n) is 6.62. The number of pyridine rings is 2. The van der Waals surface area contributed by atoms with E-state index in [1.54, 1.807) is 40.3 Å². The second-order valence-corrected chi connectivity index (χ2v) is 12.1. The zero-order valence-corrected chi connectivity index (χ0v) is 26.9. The van der Waals surface area contributed by atoms with E-state index < -0.39 is 11.5 Å². The van der Waals surface area contributed by atoms with Crippen molar-refractivity contribution in [3.63, 3.8) is 0 Å². The minimum atomic E-state index is -0.486. The number of aromatic nitrogens is 5. The number of carbonyl (C=O) groups is 3. The van der Waals surface area contributed by atoms with Crippen LogP contribution >= 0.6 is 0 Å². The second-order valence-electron chi connectivity index (χ2n) is 12.1. The standard InChI is InChI=1S/C34H36N8O6/c1-21(43)48-20-25-24(9-10-35-31(25)42-12-11-41-28-6-4-3-5-22(28)17-29(41)34(42)46)26-18-27(33(45)39(2)38-26)37-30-8-7-23(19-36-30)32(44)40-13-15-47-16-14-40/h7-10,17-19H,3-6,11-16,20H2,1-2H3,(H,36,37). The van der Waals surface area contributed by atoms with Gasteiger partial charge in [0.05, 0.1) is 24.5 Å². The Hall–Kier alpha value is -5.37. The van der Waals surface area contributed by atoms with E-state index in [0.717, 1.165) is 25.7 Å². The molecule has 6 heterocycles. The van der Waals surface area contributed by atoms with Gasteiger partial charge >= 0.3 is 5.97 Å². The number of amides is 2. The zero-order chi connectivity index (χ0) is 33.4. The summed E-state index contributed by atoms with van der Waals surface area (Å²) in [6, 6.07) is 8.61. The summed E-state index contributed by atoms with van der Waals surface area (Å²) in [4.78, 5) is 64.3. The van der Waals surface area contributed by atoms with Gasteiger partial charge in [0.1, 0.15) is 29.6 Å². The molecule has 1 aliphatic carbocycles. The molecular weight excluding hydrogens is 616 g/mol. The molecule has 0 bridgehead atoms. The Kier molecular flexibility index (Phi) is 8.48. The zero-order valence-electron chi connectivity index (χ0n) is 26.9. The minimum Gasteiger partial charge on any atom is -0.461 e. The molecule has 2 aliphatic heterocycles. The number of fused-ring (bicyclic) bond motifs is 3. The van der Waals surface area contributed by atoms with Gasteiger partial charge < -0.3 is 24.3 Å². The van der Waals surface area contributed by atoms with E-state index in [9.17, 15) is 19.2 Å². The van der Waals surface area contributed by atoms with Crippen molar-refractivity contribution < 1.29 is 23.9 Å². The lowest BCUT2D eigenvalue weighted by molar-refractivity contribution is -0.142. The highest BCUT2D eigenvalue weighted by Crippen LogP contribution is 2.34. The van der Waals surface area contributed by atoms with E-state index in [-0.39, 0.29) is 24.1 Å². The summed E-state index contributed by atoms with van der Waals surface area (Å²) in [6.07, 6.45) is 7.22. The number of ether oxygens (including phenoxy) is 2. The van der Waals surface area contributed by atoms with Crippen LogP contribution in [0.1, 0.15) is 57.4 Å². The molecule has 7 rings (SSSR count). The van der Waals surface area contributed by atoms with E-state index in [1.807, 2.05) is 6.07 Å². The van der Waals surface area contributed by atoms with E-state index in [0.29, 0.717) is 79.1 Å². The summed E-state index contributed by atoms with van der Waals surface area (Å²) in [5.74, 6) is -0.0471. The van der Waals surface area contributed by atoms with Crippen LogP contribution in [-0.4, -0.2) is 79.8 Å². The van der Waals surface area contributed by atoms with E-state index in [4.69, 9.17) is 9.47 Å². The SMILES string of the molecule is CC(=O)OCc1c(-c2cc(Nc3ccc(C(=O)N4CCOCC4)cn3)c(=O)n(C)n2)ccnc1N1CCn2c(cc3c2CCCC3)C1=O. The maximum absolute atomic E-state index is 13.9. The van der Waals surface area contributed by atoms with Crippen LogP contribution in [0.2, 0.25) is 0 Å². The van der Waals surface area contributed by atoms with Crippen LogP contribution in [0, 0.1) is 0 Å². The number of aryl methyl sites for hydroxylation is 2. The maximum atomic E-state index is 13.9. The first kappa shape index (κ1) is 31.2. The fourth-order valence-corrected chi connectivity index (χ4v) is 6.62. The molecule has 0 aromatic carbocycles. The summed E-state index contributed by atoms with van der Waals surface area (Å²) in [5.41, 5.74) is 4.77. The van der Waals surface area contributed by atoms with Gasteiger partial charge in [-0.2, -0.15) is 5.10 Å². The van der Waals surface area contributed by atoms with Gasteiger partial charge in [-0.1, -0.05) is 0 Å². The van der Waals surface area contributed by atoms with Crippen LogP contribution in [0.4, 0.5) is 17.3 Å². The van der Waals surface area contributed by atoms with Gasteiger partial charge in [0.25, 0.3) is 17.4 Å². The van der Waals surface area contributed by atoms with Gasteiger partial charge in [0.2, 0.25) is 0 Å². The molecule has 14 heteroatoms. The van der Waals surface area contributed by atoms with Gasteiger partial charge in [-0.3, -0.25) is 24.1 Å². The van der Waals surface area contributed by atoms with Crippen molar-refractivity contribution in [1.82, 2.24) is 29.2 Å². The molecule has 0 atom stereocenters. The lowest BCUT2D eigenvalue weighted by atomic mass is 9.98. The third-order valence-corrected chi connectivity index (χ3v) is 9.04. The molecule has 3 aliphatic rings. The van der Waals surface area contributed by atoms with Crippen molar-refractivity contribution in [2.24, 2.45) is 7.05 Å². The smallest absolute Gasteiger partial charge is 0.302 e. The Morgan fingerprint density at radius 1 is 1.00 bits per heavy atom. The summed E-state index contributed by atoms with van der Waals surface area (Å²) in [7, 11) is 1.53. The predicted octanol–water partition coefficient (Wildman–Crippen LogP) is 2.86. The van der Waals surface area contributed by atoms with Crippen LogP contribution in [0.25, 0.3) is 11.3 Å². The number of hydrogen-bond acceptors (Lipinski definition) is 10. The quantitative estimate of drug-likeness (QED) is 0.295. The average molecular weight is 653 g/mol. The molecule has 0 radical (unpaired) electrons. The Bertz CT molecular complexity index is 1960. The molecule has 1 fully saturated rings. The molecule has 4 aromatic heterocycles. The number of carbonyl (C=O) groups excluding carboxylic acids is 3. The van der Waals surface area contributed by atoms with E-state index in [1.165, 1.54) is 36.1 Å². The number of esters is 1. The highest BCUT2D eigenvalue weighted by atomic mass is 16.5. The first-order chi connectivity index (χ1) is 23.3. The Balaban J connectivity index is 1.21. The van der Waals surface area contributed by atoms with Crippen LogP contribution in [-0.2, 0) is 47.3 Å². The molecular formula is C34H36N8O6. The molecule has 248 valence electrons. The van der Waals surface area contributed by atoms with Crippen molar-refractivity contribution in [1.29, 1.82) is 0 Å². The predicted molar refractivity (Wildman–Crippen MR) is 175 cm³/mol. The van der Waals surface area contributed by atoms with E-state index >= 15 is 0 Å². The first-order valence-corrected chi connectivity index (χ1v) is 16.1. The number of nitrogens with one attached hydrogen (secondary N) is 1. The summed E-state index contributed by atoms with van der Waals surface area (Å²) < 4.78 is 14.1. The Morgan fingerprint density at radius 2 is 1.81 bits per heavy atom. The molecule has 4 aromatic rings. The van der Waals surface area contributed by atoms with Crippen molar-refractivity contribution >= 4 is 35.1 Å². The van der Waals surface area contributed by atoms with Crippen LogP contribution < -0.4 is 15.8 Å². The second kappa shape index (κ2) is 13.0. The lowest BCUT2D eigenvalue weighted by Gasteiger charge is -2.30. The molecule has 48 heavy (non-hydrogen) atoms. The number of anilines is 3. The monoisotopic (exact) mass is 652 g/mol. The number of morpholine rings is 1. The number of hydrogen-bond donors (Lipinski definition) is 1. The number of rotatable bonds is 7. The van der Waals surface area contributed by atoms with Crippen molar-refractivity contribution in [2.75, 3.05) is 43.1 Å². The third-order valence-electron chi connectivity index (χ3n) is 9.04. The van der Waals surface area contributed by atoms with Crippen LogP contribution in [0.15, 0.2) is 47.5 Å². The van der Waals surface area contributed by atoms with Crippen molar-refractivity contribution in [2.45, 2.75) is 45.8 Å². The van der Waals surface area contributed by atoms with E-state index in [2.05, 4.69) is 25.0 Å². The summed E-state index contributed by atoms with van der Waals surface area (Å²) in [6.45, 7) is 4.24. The molecule has 2 amide bonds. The summed E-state index contributed by atoms with van der Waals surface area (Å²) in [5, 5.41) is 7.58. The average Bonchev–Trinajstić information content (AvgIpc) is 3.49. The molecule has 1 N–H and O–H groups in total. The lowest BCUT2D eigenvalue weighted by Crippen LogP contribution is -2.41. The van der Waals surface area contributed by atoms with Gasteiger partial charge in [0.15, 0.2) is 0 Å². The largest absolute Gasteiger partial charge is 0.461 e. The highest BCUT2D eigenvalue weighted by molar-refractivity contribution is 6.06. The third kappa shape index (κ3) is 5.94. The van der Waals surface area contributed by atoms with Crippen LogP contribution in [0.3, 0.4) is 0 Å². The van der Waals surface area contributed by atoms with Crippen LogP contribution in [0.5, 0.6) is 0 Å². The molecule has 0 unspecified atom stereocenters. The van der Waals surface area contributed by atoms with Gasteiger partial charge in [-0.05, 0) is 61.6 Å². The Labute approximate surface area is 276 Å². The fraction of sp³-hybridized carbons (Fsp3) is 0.382. The summed E-state index contributed by atoms with van der Waals surface area (Å²) >= 11 is 0. The number of nitrogens with zero attached hydrogens (tertiary/aromatic N) is 7. The maximum Gasteiger partial charge on any atom is 0.302 e. The Morgan fingerprint density at radius 3 is 2.58 bits per heavy atom. The van der Waals surface area contributed by atoms with Gasteiger partial charge in [-0.15, -0.1) is 0 Å². The molecule has 14 nitrogen and oxygen atoms in total. The normalized spacial score (nSPS) is 15.9. The first-order valence-electron chi connectivity index (χ1n) is 16.1.